The molecule has 21 heavy (non-hydrogen) atoms. The van der Waals surface area contributed by atoms with Gasteiger partial charge in [0, 0.05) is 6.04 Å². The zero-order valence-electron chi connectivity index (χ0n) is 13.2. The quantitative estimate of drug-likeness (QED) is 0.864. The number of hydrogen-bond acceptors (Lipinski definition) is 2. The molecule has 0 saturated carbocycles. The first-order valence-corrected chi connectivity index (χ1v) is 7.61. The average Bonchev–Trinajstić information content (AvgIpc) is 2.44. The lowest BCUT2D eigenvalue weighted by Gasteiger charge is -2.11. The van der Waals surface area contributed by atoms with Crippen molar-refractivity contribution in [1.82, 2.24) is 0 Å². The minimum absolute atomic E-state index is 0.222. The number of aryl methyl sites for hydroxylation is 2. The Labute approximate surface area is 127 Å². The standard InChI is InChI=1S/C19H25NO/c1-4-18(20)11-16-6-5-7-19(12-16)21-13-17-9-14(2)8-15(3)10-17/h5-10,12,18H,4,11,13,20H2,1-3H3. The summed E-state index contributed by atoms with van der Waals surface area (Å²) < 4.78 is 5.92. The third-order valence-corrected chi connectivity index (χ3v) is 3.61. The number of hydrogen-bond donors (Lipinski definition) is 1. The van der Waals surface area contributed by atoms with E-state index in [9.17, 15) is 0 Å². The van der Waals surface area contributed by atoms with Gasteiger partial charge in [0.05, 0.1) is 0 Å². The maximum absolute atomic E-state index is 6.01. The summed E-state index contributed by atoms with van der Waals surface area (Å²) >= 11 is 0. The minimum atomic E-state index is 0.222. The fourth-order valence-corrected chi connectivity index (χ4v) is 2.53. The highest BCUT2D eigenvalue weighted by Gasteiger charge is 2.03. The van der Waals surface area contributed by atoms with Crippen LogP contribution in [0.1, 0.15) is 35.6 Å². The molecule has 0 aliphatic rings. The predicted molar refractivity (Wildman–Crippen MR) is 88.7 cm³/mol. The van der Waals surface area contributed by atoms with Crippen molar-refractivity contribution >= 4 is 0 Å². The summed E-state index contributed by atoms with van der Waals surface area (Å²) in [6.07, 6.45) is 1.89. The van der Waals surface area contributed by atoms with Crippen molar-refractivity contribution in [3.63, 3.8) is 0 Å². The van der Waals surface area contributed by atoms with E-state index in [0.717, 1.165) is 18.6 Å². The molecule has 0 aliphatic heterocycles. The predicted octanol–water partition coefficient (Wildman–Crippen LogP) is 4.16. The van der Waals surface area contributed by atoms with E-state index in [-0.39, 0.29) is 6.04 Å². The highest BCUT2D eigenvalue weighted by atomic mass is 16.5. The van der Waals surface area contributed by atoms with E-state index in [1.54, 1.807) is 0 Å². The normalized spacial score (nSPS) is 12.2. The maximum Gasteiger partial charge on any atom is 0.120 e. The molecule has 0 fully saturated rings. The van der Waals surface area contributed by atoms with Crippen LogP contribution in [0.5, 0.6) is 5.75 Å². The molecular formula is C19H25NO. The number of ether oxygens (including phenoxy) is 1. The van der Waals surface area contributed by atoms with Gasteiger partial charge >= 0.3 is 0 Å². The monoisotopic (exact) mass is 283 g/mol. The van der Waals surface area contributed by atoms with E-state index in [1.165, 1.54) is 22.3 Å². The maximum atomic E-state index is 6.01. The zero-order chi connectivity index (χ0) is 15.2. The third kappa shape index (κ3) is 4.91. The zero-order valence-corrected chi connectivity index (χ0v) is 13.2. The summed E-state index contributed by atoms with van der Waals surface area (Å²) in [6, 6.07) is 15.0. The fraction of sp³-hybridized carbons (Fsp3) is 0.368. The van der Waals surface area contributed by atoms with Crippen LogP contribution in [0.15, 0.2) is 42.5 Å². The van der Waals surface area contributed by atoms with Gasteiger partial charge in [-0.2, -0.15) is 0 Å². The summed E-state index contributed by atoms with van der Waals surface area (Å²) in [6.45, 7) is 6.95. The van der Waals surface area contributed by atoms with Crippen molar-refractivity contribution in [2.45, 2.75) is 46.3 Å². The molecule has 1 atom stereocenters. The van der Waals surface area contributed by atoms with E-state index in [4.69, 9.17) is 10.5 Å². The van der Waals surface area contributed by atoms with Gasteiger partial charge in [0.2, 0.25) is 0 Å². The molecule has 0 aliphatic carbocycles. The van der Waals surface area contributed by atoms with E-state index < -0.39 is 0 Å². The molecule has 2 rings (SSSR count). The first-order valence-electron chi connectivity index (χ1n) is 7.61. The molecule has 1 unspecified atom stereocenters. The van der Waals surface area contributed by atoms with Crippen LogP contribution in [0.3, 0.4) is 0 Å². The Morgan fingerprint density at radius 3 is 2.38 bits per heavy atom. The SMILES string of the molecule is CCC(N)Cc1cccc(OCc2cc(C)cc(C)c2)c1. The van der Waals surface area contributed by atoms with Crippen molar-refractivity contribution in [2.24, 2.45) is 5.73 Å². The minimum Gasteiger partial charge on any atom is -0.489 e. The second-order valence-electron chi connectivity index (χ2n) is 5.80. The van der Waals surface area contributed by atoms with Crippen LogP contribution in [0, 0.1) is 13.8 Å². The number of rotatable bonds is 6. The largest absolute Gasteiger partial charge is 0.489 e. The summed E-state index contributed by atoms with van der Waals surface area (Å²) in [4.78, 5) is 0. The third-order valence-electron chi connectivity index (χ3n) is 3.61. The van der Waals surface area contributed by atoms with Crippen molar-refractivity contribution < 1.29 is 4.74 Å². The molecule has 2 heteroatoms. The topological polar surface area (TPSA) is 35.2 Å². The Hall–Kier alpha value is -1.80. The number of benzene rings is 2. The van der Waals surface area contributed by atoms with Crippen LogP contribution in [0.2, 0.25) is 0 Å². The van der Waals surface area contributed by atoms with Crippen LogP contribution in [-0.2, 0) is 13.0 Å². The average molecular weight is 283 g/mol. The Balaban J connectivity index is 2.01. The molecule has 0 bridgehead atoms. The summed E-state index contributed by atoms with van der Waals surface area (Å²) in [5, 5.41) is 0. The molecule has 2 aromatic carbocycles. The molecule has 0 amide bonds. The van der Waals surface area contributed by atoms with E-state index in [1.807, 2.05) is 12.1 Å². The Morgan fingerprint density at radius 2 is 1.71 bits per heavy atom. The molecule has 0 aromatic heterocycles. The second-order valence-corrected chi connectivity index (χ2v) is 5.80. The van der Waals surface area contributed by atoms with Gasteiger partial charge < -0.3 is 10.5 Å². The summed E-state index contributed by atoms with van der Waals surface area (Å²) in [5.41, 5.74) is 11.0. The van der Waals surface area contributed by atoms with Crippen molar-refractivity contribution in [3.8, 4) is 5.75 Å². The lowest BCUT2D eigenvalue weighted by atomic mass is 10.0. The fourth-order valence-electron chi connectivity index (χ4n) is 2.53. The van der Waals surface area contributed by atoms with Crippen LogP contribution >= 0.6 is 0 Å². The highest BCUT2D eigenvalue weighted by molar-refractivity contribution is 5.31. The van der Waals surface area contributed by atoms with Gasteiger partial charge in [0.15, 0.2) is 0 Å². The molecular weight excluding hydrogens is 258 g/mol. The van der Waals surface area contributed by atoms with Crippen molar-refractivity contribution in [2.75, 3.05) is 0 Å². The lowest BCUT2D eigenvalue weighted by molar-refractivity contribution is 0.305. The molecule has 2 aromatic rings. The van der Waals surface area contributed by atoms with Crippen LogP contribution in [0.4, 0.5) is 0 Å². The molecule has 0 radical (unpaired) electrons. The van der Waals surface area contributed by atoms with Gasteiger partial charge in [0.25, 0.3) is 0 Å². The lowest BCUT2D eigenvalue weighted by Crippen LogP contribution is -2.21. The number of nitrogens with two attached hydrogens (primary N) is 1. The van der Waals surface area contributed by atoms with E-state index in [2.05, 4.69) is 51.1 Å². The van der Waals surface area contributed by atoms with Crippen molar-refractivity contribution in [1.29, 1.82) is 0 Å². The summed E-state index contributed by atoms with van der Waals surface area (Å²) in [5.74, 6) is 0.912. The van der Waals surface area contributed by atoms with Gasteiger partial charge in [-0.3, -0.25) is 0 Å². The Kier molecular flexibility index (Phi) is 5.40. The first-order chi connectivity index (χ1) is 10.1. The van der Waals surface area contributed by atoms with Gasteiger partial charge in [-0.25, -0.2) is 0 Å². The van der Waals surface area contributed by atoms with E-state index >= 15 is 0 Å². The van der Waals surface area contributed by atoms with Crippen LogP contribution < -0.4 is 10.5 Å². The molecule has 2 nitrogen and oxygen atoms in total. The van der Waals surface area contributed by atoms with Crippen LogP contribution in [0.25, 0.3) is 0 Å². The molecule has 0 spiro atoms. The van der Waals surface area contributed by atoms with Gasteiger partial charge in [0.1, 0.15) is 12.4 Å². The first kappa shape index (κ1) is 15.6. The second kappa shape index (κ2) is 7.28. The Morgan fingerprint density at radius 1 is 1.00 bits per heavy atom. The van der Waals surface area contributed by atoms with Gasteiger partial charge in [-0.1, -0.05) is 48.4 Å². The smallest absolute Gasteiger partial charge is 0.120 e. The van der Waals surface area contributed by atoms with Crippen molar-refractivity contribution in [3.05, 3.63) is 64.7 Å². The van der Waals surface area contributed by atoms with Crippen LogP contribution in [-0.4, -0.2) is 6.04 Å². The molecule has 112 valence electrons. The van der Waals surface area contributed by atoms with E-state index in [0.29, 0.717) is 6.61 Å². The van der Waals surface area contributed by atoms with Gasteiger partial charge in [-0.05, 0) is 49.9 Å². The molecule has 0 heterocycles. The highest BCUT2D eigenvalue weighted by Crippen LogP contribution is 2.17. The van der Waals surface area contributed by atoms with Gasteiger partial charge in [-0.15, -0.1) is 0 Å². The molecule has 0 saturated heterocycles. The molecule has 2 N–H and O–H groups in total. The summed E-state index contributed by atoms with van der Waals surface area (Å²) in [7, 11) is 0. The Bertz CT molecular complexity index is 572.